The number of nitrogens with zero attached hydrogens (tertiary/aromatic N) is 3. The molecule has 1 amide bonds. The van der Waals surface area contributed by atoms with Gasteiger partial charge in [-0.05, 0) is 55.3 Å². The van der Waals surface area contributed by atoms with E-state index in [-0.39, 0.29) is 19.1 Å². The Labute approximate surface area is 185 Å². The minimum Gasteiger partial charge on any atom is -0.493 e. The summed E-state index contributed by atoms with van der Waals surface area (Å²) in [6.07, 6.45) is 0. The Hall–Kier alpha value is -3.26. The van der Waals surface area contributed by atoms with Gasteiger partial charge in [-0.15, -0.1) is 10.2 Å². The van der Waals surface area contributed by atoms with Crippen LogP contribution in [0.2, 0.25) is 5.02 Å². The number of ether oxygens (including phenoxy) is 3. The number of carbonyl (C=O) groups excluding carboxylic acids is 1. The minimum atomic E-state index is -0.226. The van der Waals surface area contributed by atoms with Crippen LogP contribution in [0.3, 0.4) is 0 Å². The number of methoxy groups -OCH3 is 2. The van der Waals surface area contributed by atoms with Gasteiger partial charge < -0.3 is 23.5 Å². The molecule has 0 saturated heterocycles. The molecule has 0 fully saturated rings. The Bertz CT molecular complexity index is 1060. The maximum absolute atomic E-state index is 12.4. The van der Waals surface area contributed by atoms with Gasteiger partial charge in [0.05, 0.1) is 20.8 Å². The van der Waals surface area contributed by atoms with Gasteiger partial charge in [0.15, 0.2) is 18.1 Å². The van der Waals surface area contributed by atoms with Crippen molar-refractivity contribution in [1.82, 2.24) is 15.1 Å². The molecule has 0 aliphatic rings. The Balaban J connectivity index is 1.61. The van der Waals surface area contributed by atoms with Crippen molar-refractivity contribution in [3.05, 3.63) is 52.4 Å². The average molecular weight is 446 g/mol. The summed E-state index contributed by atoms with van der Waals surface area (Å²) in [7, 11) is 4.76. The first-order chi connectivity index (χ1) is 14.8. The number of aromatic nitrogens is 2. The zero-order valence-corrected chi connectivity index (χ0v) is 18.8. The molecule has 3 aromatic rings. The average Bonchev–Trinajstić information content (AvgIpc) is 3.23. The number of halogens is 1. The second kappa shape index (κ2) is 9.70. The van der Waals surface area contributed by atoms with E-state index in [2.05, 4.69) is 10.2 Å². The van der Waals surface area contributed by atoms with E-state index in [1.165, 1.54) is 4.90 Å². The molecule has 0 aliphatic carbocycles. The van der Waals surface area contributed by atoms with Crippen LogP contribution in [0.25, 0.3) is 11.5 Å². The van der Waals surface area contributed by atoms with E-state index in [0.29, 0.717) is 39.6 Å². The molecular weight excluding hydrogens is 422 g/mol. The largest absolute Gasteiger partial charge is 0.493 e. The molecule has 0 aliphatic heterocycles. The van der Waals surface area contributed by atoms with E-state index in [9.17, 15) is 4.79 Å². The molecule has 0 bridgehead atoms. The second-order valence-electron chi connectivity index (χ2n) is 6.98. The van der Waals surface area contributed by atoms with Crippen LogP contribution in [0, 0.1) is 13.8 Å². The molecule has 3 rings (SSSR count). The predicted octanol–water partition coefficient (Wildman–Crippen LogP) is 4.06. The van der Waals surface area contributed by atoms with Crippen LogP contribution in [0.1, 0.15) is 17.0 Å². The fourth-order valence-electron chi connectivity index (χ4n) is 2.94. The van der Waals surface area contributed by atoms with Gasteiger partial charge >= 0.3 is 0 Å². The van der Waals surface area contributed by atoms with E-state index in [0.717, 1.165) is 11.1 Å². The van der Waals surface area contributed by atoms with Crippen LogP contribution in [-0.2, 0) is 11.3 Å². The van der Waals surface area contributed by atoms with E-state index in [1.54, 1.807) is 51.6 Å². The Morgan fingerprint density at radius 2 is 1.74 bits per heavy atom. The van der Waals surface area contributed by atoms with Crippen LogP contribution < -0.4 is 14.2 Å². The molecule has 0 spiro atoms. The van der Waals surface area contributed by atoms with Crippen LogP contribution in [0.4, 0.5) is 0 Å². The van der Waals surface area contributed by atoms with Crippen molar-refractivity contribution in [1.29, 1.82) is 0 Å². The third kappa shape index (κ3) is 5.27. The lowest BCUT2D eigenvalue weighted by Crippen LogP contribution is -2.31. The topological polar surface area (TPSA) is 86.9 Å². The van der Waals surface area contributed by atoms with Gasteiger partial charge in [0, 0.05) is 17.6 Å². The summed E-state index contributed by atoms with van der Waals surface area (Å²) in [6, 6.07) is 8.89. The van der Waals surface area contributed by atoms with Gasteiger partial charge in [0.2, 0.25) is 11.8 Å². The maximum Gasteiger partial charge on any atom is 0.260 e. The highest BCUT2D eigenvalue weighted by Crippen LogP contribution is 2.31. The lowest BCUT2D eigenvalue weighted by Gasteiger charge is -2.16. The number of hydrogen-bond donors (Lipinski definition) is 0. The number of carbonyl (C=O) groups is 1. The van der Waals surface area contributed by atoms with Crippen LogP contribution in [0.15, 0.2) is 34.7 Å². The smallest absolute Gasteiger partial charge is 0.260 e. The lowest BCUT2D eigenvalue weighted by molar-refractivity contribution is -0.132. The van der Waals surface area contributed by atoms with Crippen molar-refractivity contribution in [3.63, 3.8) is 0 Å². The molecule has 1 heterocycles. The number of likely N-dealkylation sites (N-methyl/N-ethyl adjacent to an activating group) is 1. The summed E-state index contributed by atoms with van der Waals surface area (Å²) in [5, 5.41) is 8.77. The fourth-order valence-corrected chi connectivity index (χ4v) is 3.05. The van der Waals surface area contributed by atoms with Crippen molar-refractivity contribution < 1.29 is 23.4 Å². The summed E-state index contributed by atoms with van der Waals surface area (Å²) in [6.45, 7) is 3.82. The summed E-state index contributed by atoms with van der Waals surface area (Å²) in [5.41, 5.74) is 2.47. The van der Waals surface area contributed by atoms with Gasteiger partial charge in [-0.1, -0.05) is 11.6 Å². The molecule has 9 heteroatoms. The normalized spacial score (nSPS) is 10.6. The van der Waals surface area contributed by atoms with Gasteiger partial charge in [-0.25, -0.2) is 0 Å². The molecule has 31 heavy (non-hydrogen) atoms. The third-order valence-electron chi connectivity index (χ3n) is 4.67. The SMILES string of the molecule is COc1ccc(-c2nnc(CN(C)C(=O)COc3cc(C)c(Cl)c(C)c3)o2)cc1OC. The first-order valence-corrected chi connectivity index (χ1v) is 9.88. The Morgan fingerprint density at radius 3 is 2.39 bits per heavy atom. The highest BCUT2D eigenvalue weighted by atomic mass is 35.5. The predicted molar refractivity (Wildman–Crippen MR) is 116 cm³/mol. The second-order valence-corrected chi connectivity index (χ2v) is 7.36. The standard InChI is InChI=1S/C22H24ClN3O5/c1-13-8-16(9-14(2)21(13)23)30-12-20(27)26(3)11-19-24-25-22(31-19)15-6-7-17(28-4)18(10-15)29-5/h6-10H,11-12H2,1-5H3. The van der Waals surface area contributed by atoms with Crippen molar-refractivity contribution in [2.24, 2.45) is 0 Å². The summed E-state index contributed by atoms with van der Waals surface area (Å²) in [5.74, 6) is 2.14. The van der Waals surface area contributed by atoms with E-state index >= 15 is 0 Å². The van der Waals surface area contributed by atoms with E-state index in [4.69, 9.17) is 30.2 Å². The first-order valence-electron chi connectivity index (χ1n) is 9.50. The Morgan fingerprint density at radius 1 is 1.06 bits per heavy atom. The highest BCUT2D eigenvalue weighted by molar-refractivity contribution is 6.32. The summed E-state index contributed by atoms with van der Waals surface area (Å²) < 4.78 is 21.9. The van der Waals surface area contributed by atoms with Gasteiger partial charge in [-0.3, -0.25) is 4.79 Å². The Kier molecular flexibility index (Phi) is 7.02. The zero-order valence-electron chi connectivity index (χ0n) is 18.1. The number of rotatable bonds is 8. The van der Waals surface area contributed by atoms with Crippen molar-refractivity contribution in [3.8, 4) is 28.7 Å². The van der Waals surface area contributed by atoms with Crippen LogP contribution >= 0.6 is 11.6 Å². The molecule has 0 unspecified atom stereocenters. The molecule has 0 saturated carbocycles. The molecule has 164 valence electrons. The summed E-state index contributed by atoms with van der Waals surface area (Å²) >= 11 is 6.16. The van der Waals surface area contributed by atoms with Crippen molar-refractivity contribution >= 4 is 17.5 Å². The van der Waals surface area contributed by atoms with E-state index in [1.807, 2.05) is 13.8 Å². The van der Waals surface area contributed by atoms with Gasteiger partial charge in [-0.2, -0.15) is 0 Å². The number of amides is 1. The van der Waals surface area contributed by atoms with Crippen LogP contribution in [-0.4, -0.2) is 48.9 Å². The molecule has 2 aromatic carbocycles. The zero-order chi connectivity index (χ0) is 22.5. The molecule has 0 radical (unpaired) electrons. The van der Waals surface area contributed by atoms with Crippen LogP contribution in [0.5, 0.6) is 17.2 Å². The maximum atomic E-state index is 12.4. The number of hydrogen-bond acceptors (Lipinski definition) is 7. The number of benzene rings is 2. The lowest BCUT2D eigenvalue weighted by atomic mass is 10.1. The molecule has 0 N–H and O–H groups in total. The number of aryl methyl sites for hydroxylation is 2. The third-order valence-corrected chi connectivity index (χ3v) is 5.26. The molecule has 1 aromatic heterocycles. The minimum absolute atomic E-state index is 0.117. The fraction of sp³-hybridized carbons (Fsp3) is 0.318. The molecular formula is C22H24ClN3O5. The molecule has 8 nitrogen and oxygen atoms in total. The van der Waals surface area contributed by atoms with Crippen molar-refractivity contribution in [2.75, 3.05) is 27.9 Å². The first kappa shape index (κ1) is 22.4. The van der Waals surface area contributed by atoms with E-state index < -0.39 is 0 Å². The summed E-state index contributed by atoms with van der Waals surface area (Å²) in [4.78, 5) is 13.9. The van der Waals surface area contributed by atoms with Gasteiger partial charge in [0.25, 0.3) is 5.91 Å². The highest BCUT2D eigenvalue weighted by Gasteiger charge is 2.17. The molecule has 0 atom stereocenters. The quantitative estimate of drug-likeness (QED) is 0.516. The monoisotopic (exact) mass is 445 g/mol. The van der Waals surface area contributed by atoms with Crippen molar-refractivity contribution in [2.45, 2.75) is 20.4 Å². The van der Waals surface area contributed by atoms with Gasteiger partial charge in [0.1, 0.15) is 5.75 Å².